The Morgan fingerprint density at radius 2 is 1.96 bits per heavy atom. The smallest absolute Gasteiger partial charge is 0.277 e. The minimum Gasteiger partial charge on any atom is -0.411 e. The first-order chi connectivity index (χ1) is 11.2. The van der Waals surface area contributed by atoms with Crippen LogP contribution in [0.25, 0.3) is 11.5 Å². The summed E-state index contributed by atoms with van der Waals surface area (Å²) >= 11 is 1.26. The summed E-state index contributed by atoms with van der Waals surface area (Å²) in [6.07, 6.45) is 0. The first-order valence-corrected chi connectivity index (χ1v) is 7.86. The molecule has 0 saturated carbocycles. The Morgan fingerprint density at radius 1 is 1.17 bits per heavy atom. The highest BCUT2D eigenvalue weighted by atomic mass is 32.2. The molecule has 0 saturated heterocycles. The van der Waals surface area contributed by atoms with Gasteiger partial charge in [-0.15, -0.1) is 10.2 Å². The Labute approximate surface area is 137 Å². The third-order valence-corrected chi connectivity index (χ3v) is 4.11. The molecular weight excluding hydrogens is 313 g/mol. The maximum absolute atomic E-state index is 13.8. The highest BCUT2D eigenvalue weighted by Crippen LogP contribution is 2.26. The number of nitrogens with zero attached hydrogens (tertiary/aromatic N) is 3. The molecule has 0 fully saturated rings. The summed E-state index contributed by atoms with van der Waals surface area (Å²) in [6, 6.07) is 14.1. The lowest BCUT2D eigenvalue weighted by atomic mass is 10.1. The minimum absolute atomic E-state index is 0.302. The van der Waals surface area contributed by atoms with Gasteiger partial charge in [0.05, 0.1) is 11.6 Å². The summed E-state index contributed by atoms with van der Waals surface area (Å²) in [5, 5.41) is 17.1. The molecule has 3 aromatic rings. The minimum atomic E-state index is -0.408. The molecule has 0 atom stereocenters. The van der Waals surface area contributed by atoms with E-state index in [4.69, 9.17) is 9.68 Å². The number of hydrogen-bond donors (Lipinski definition) is 0. The Balaban J connectivity index is 1.70. The second-order valence-corrected chi connectivity index (χ2v) is 5.87. The third kappa shape index (κ3) is 3.58. The summed E-state index contributed by atoms with van der Waals surface area (Å²) in [6.45, 7) is 2.00. The van der Waals surface area contributed by atoms with Gasteiger partial charge >= 0.3 is 0 Å². The topological polar surface area (TPSA) is 62.7 Å². The van der Waals surface area contributed by atoms with E-state index in [9.17, 15) is 4.39 Å². The van der Waals surface area contributed by atoms with Gasteiger partial charge < -0.3 is 4.42 Å². The Kier molecular flexibility index (Phi) is 4.40. The van der Waals surface area contributed by atoms with Gasteiger partial charge in [-0.3, -0.25) is 0 Å². The molecule has 0 amide bonds. The Hall–Kier alpha value is -2.65. The molecule has 0 N–H and O–H groups in total. The van der Waals surface area contributed by atoms with Crippen LogP contribution in [0.15, 0.2) is 52.1 Å². The Morgan fingerprint density at radius 3 is 2.65 bits per heavy atom. The molecule has 1 heterocycles. The zero-order valence-electron chi connectivity index (χ0n) is 12.3. The van der Waals surface area contributed by atoms with Crippen molar-refractivity contribution in [3.63, 3.8) is 0 Å². The molecule has 4 nitrogen and oxygen atoms in total. The fraction of sp³-hybridized carbons (Fsp3) is 0.118. The molecule has 0 aliphatic carbocycles. The molecule has 3 rings (SSSR count). The Bertz CT molecular complexity index is 868. The molecular formula is C17H12FN3OS. The van der Waals surface area contributed by atoms with Gasteiger partial charge in [-0.2, -0.15) is 5.26 Å². The summed E-state index contributed by atoms with van der Waals surface area (Å²) in [5.74, 6) is 0.384. The summed E-state index contributed by atoms with van der Waals surface area (Å²) < 4.78 is 19.4. The van der Waals surface area contributed by atoms with Crippen LogP contribution in [0.1, 0.15) is 16.7 Å². The van der Waals surface area contributed by atoms with Crippen LogP contribution < -0.4 is 0 Å². The van der Waals surface area contributed by atoms with Crippen LogP contribution in [0.3, 0.4) is 0 Å². The van der Waals surface area contributed by atoms with Crippen molar-refractivity contribution in [2.75, 3.05) is 0 Å². The van der Waals surface area contributed by atoms with Crippen molar-refractivity contribution >= 4 is 11.8 Å². The van der Waals surface area contributed by atoms with Crippen LogP contribution in [0.2, 0.25) is 0 Å². The van der Waals surface area contributed by atoms with E-state index < -0.39 is 5.82 Å². The van der Waals surface area contributed by atoms with Crippen molar-refractivity contribution in [2.24, 2.45) is 0 Å². The number of aryl methyl sites for hydroxylation is 1. The molecule has 0 bridgehead atoms. The van der Waals surface area contributed by atoms with E-state index in [0.717, 1.165) is 11.1 Å². The fourth-order valence-electron chi connectivity index (χ4n) is 1.95. The lowest BCUT2D eigenvalue weighted by Gasteiger charge is -2.00. The maximum atomic E-state index is 13.8. The highest BCUT2D eigenvalue weighted by Gasteiger charge is 2.11. The molecule has 0 aliphatic heterocycles. The molecule has 114 valence electrons. The summed E-state index contributed by atoms with van der Waals surface area (Å²) in [4.78, 5) is 0. The van der Waals surface area contributed by atoms with E-state index in [1.165, 1.54) is 17.8 Å². The zero-order valence-corrected chi connectivity index (χ0v) is 13.1. The van der Waals surface area contributed by atoms with Gasteiger partial charge in [0.15, 0.2) is 0 Å². The van der Waals surface area contributed by atoms with E-state index in [1.54, 1.807) is 12.1 Å². The van der Waals surface area contributed by atoms with Crippen LogP contribution >= 0.6 is 11.8 Å². The SMILES string of the molecule is Cc1ccc(-c2nnc(SCc3ccc(C#N)cc3F)o2)cc1. The van der Waals surface area contributed by atoms with Gasteiger partial charge in [-0.1, -0.05) is 35.5 Å². The lowest BCUT2D eigenvalue weighted by Crippen LogP contribution is -1.89. The second kappa shape index (κ2) is 6.63. The van der Waals surface area contributed by atoms with Gasteiger partial charge in [0, 0.05) is 11.3 Å². The third-order valence-electron chi connectivity index (χ3n) is 3.24. The largest absolute Gasteiger partial charge is 0.411 e. The number of rotatable bonds is 4. The van der Waals surface area contributed by atoms with Crippen molar-refractivity contribution in [1.29, 1.82) is 5.26 Å². The number of halogens is 1. The van der Waals surface area contributed by atoms with Gasteiger partial charge in [0.1, 0.15) is 5.82 Å². The van der Waals surface area contributed by atoms with Crippen molar-refractivity contribution in [1.82, 2.24) is 10.2 Å². The van der Waals surface area contributed by atoms with Crippen molar-refractivity contribution in [3.8, 4) is 17.5 Å². The van der Waals surface area contributed by atoms with Crippen LogP contribution in [0, 0.1) is 24.1 Å². The fourth-order valence-corrected chi connectivity index (χ4v) is 2.70. The summed E-state index contributed by atoms with van der Waals surface area (Å²) in [5.41, 5.74) is 2.79. The number of thioether (sulfide) groups is 1. The molecule has 0 spiro atoms. The number of nitriles is 1. The number of benzene rings is 2. The molecule has 23 heavy (non-hydrogen) atoms. The molecule has 0 unspecified atom stereocenters. The van der Waals surface area contributed by atoms with E-state index in [2.05, 4.69) is 10.2 Å². The average molecular weight is 325 g/mol. The molecule has 2 aromatic carbocycles. The van der Waals surface area contributed by atoms with Crippen LogP contribution in [0.4, 0.5) is 4.39 Å². The highest BCUT2D eigenvalue weighted by molar-refractivity contribution is 7.98. The molecule has 1 aromatic heterocycles. The van der Waals surface area contributed by atoms with Gasteiger partial charge in [-0.05, 0) is 36.8 Å². The maximum Gasteiger partial charge on any atom is 0.277 e. The zero-order chi connectivity index (χ0) is 16.2. The van der Waals surface area contributed by atoms with Crippen molar-refractivity contribution in [2.45, 2.75) is 17.9 Å². The van der Waals surface area contributed by atoms with Crippen LogP contribution in [0.5, 0.6) is 0 Å². The standard InChI is InChI=1S/C17H12FN3OS/c1-11-2-5-13(6-3-11)16-20-21-17(22-16)23-10-14-7-4-12(9-19)8-15(14)18/h2-8H,10H2,1H3. The predicted octanol–water partition coefficient (Wildman–Crippen LogP) is 4.35. The monoisotopic (exact) mass is 325 g/mol. The first kappa shape index (κ1) is 15.3. The quantitative estimate of drug-likeness (QED) is 0.667. The van der Waals surface area contributed by atoms with Gasteiger partial charge in [-0.25, -0.2) is 4.39 Å². The predicted molar refractivity (Wildman–Crippen MR) is 85.1 cm³/mol. The first-order valence-electron chi connectivity index (χ1n) is 6.87. The van der Waals surface area contributed by atoms with Crippen molar-refractivity contribution in [3.05, 3.63) is 65.0 Å². The van der Waals surface area contributed by atoms with E-state index in [1.807, 2.05) is 37.3 Å². The van der Waals surface area contributed by atoms with E-state index in [-0.39, 0.29) is 0 Å². The number of aromatic nitrogens is 2. The van der Waals surface area contributed by atoms with Gasteiger partial charge in [0.2, 0.25) is 5.89 Å². The lowest BCUT2D eigenvalue weighted by molar-refractivity contribution is 0.465. The van der Waals surface area contributed by atoms with Crippen LogP contribution in [-0.2, 0) is 5.75 Å². The van der Waals surface area contributed by atoms with Crippen LogP contribution in [-0.4, -0.2) is 10.2 Å². The second-order valence-electron chi connectivity index (χ2n) is 4.95. The van der Waals surface area contributed by atoms with E-state index >= 15 is 0 Å². The molecule has 6 heteroatoms. The molecule has 0 aliphatic rings. The normalized spacial score (nSPS) is 10.5. The summed E-state index contributed by atoms with van der Waals surface area (Å²) in [7, 11) is 0. The average Bonchev–Trinajstić information content (AvgIpc) is 3.03. The molecule has 0 radical (unpaired) electrons. The van der Waals surface area contributed by atoms with E-state index in [0.29, 0.717) is 28.0 Å². The van der Waals surface area contributed by atoms with Gasteiger partial charge in [0.25, 0.3) is 5.22 Å². The van der Waals surface area contributed by atoms with Crippen molar-refractivity contribution < 1.29 is 8.81 Å². The number of hydrogen-bond acceptors (Lipinski definition) is 5.